The van der Waals surface area contributed by atoms with Crippen LogP contribution in [-0.4, -0.2) is 21.7 Å². The second-order valence-corrected chi connectivity index (χ2v) is 5.71. The van der Waals surface area contributed by atoms with Crippen molar-refractivity contribution in [2.24, 2.45) is 0 Å². The van der Waals surface area contributed by atoms with E-state index in [0.29, 0.717) is 5.82 Å². The van der Waals surface area contributed by atoms with E-state index in [9.17, 15) is 0 Å². The van der Waals surface area contributed by atoms with Crippen LogP contribution in [0.5, 0.6) is 0 Å². The van der Waals surface area contributed by atoms with Crippen LogP contribution in [0.2, 0.25) is 0 Å². The van der Waals surface area contributed by atoms with E-state index in [1.165, 1.54) is 0 Å². The number of aromatic nitrogens is 3. The molecule has 108 valence electrons. The normalized spacial score (nSPS) is 10.8. The molecule has 6 heteroatoms. The van der Waals surface area contributed by atoms with Crippen LogP contribution in [-0.2, 0) is 6.42 Å². The number of rotatable bonds is 5. The Morgan fingerprint density at radius 1 is 1.20 bits per heavy atom. The topological polar surface area (TPSA) is 63.8 Å². The van der Waals surface area contributed by atoms with Gasteiger partial charge in [0.25, 0.3) is 0 Å². The number of hydrogen-bond acceptors (Lipinski definition) is 5. The first-order chi connectivity index (χ1) is 9.58. The monoisotopic (exact) mass is 386 g/mol. The van der Waals surface area contributed by atoms with Gasteiger partial charge in [-0.1, -0.05) is 18.5 Å². The summed E-state index contributed by atoms with van der Waals surface area (Å²) in [6.45, 7) is 8.86. The fourth-order valence-electron chi connectivity index (χ4n) is 2.09. The zero-order valence-corrected chi connectivity index (χ0v) is 14.4. The highest BCUT2D eigenvalue weighted by atomic mass is 127. The third-order valence-electron chi connectivity index (χ3n) is 3.01. The highest BCUT2D eigenvalue weighted by Crippen LogP contribution is 2.28. The summed E-state index contributed by atoms with van der Waals surface area (Å²) < 4.78 is 6.33. The summed E-state index contributed by atoms with van der Waals surface area (Å²) in [5.41, 5.74) is 2.81. The fraction of sp³-hybridized carbons (Fsp3) is 0.500. The van der Waals surface area contributed by atoms with E-state index in [-0.39, 0.29) is 0 Å². The van der Waals surface area contributed by atoms with E-state index >= 15 is 0 Å². The molecule has 2 aromatic heterocycles. The molecule has 2 heterocycles. The molecule has 0 aromatic carbocycles. The summed E-state index contributed by atoms with van der Waals surface area (Å²) in [4.78, 5) is 9.35. The molecule has 0 fully saturated rings. The van der Waals surface area contributed by atoms with Crippen molar-refractivity contribution in [1.29, 1.82) is 0 Å². The standard InChI is InChI=1S/C14H19IN4O/c1-5-7-10-12(15)14(16-6-2)18-13(17-10)11-8(3)19-20-9(11)4/h5-7H2,1-4H3,(H,16,17,18). The molecular weight excluding hydrogens is 367 g/mol. The van der Waals surface area contributed by atoms with Gasteiger partial charge in [-0.25, -0.2) is 9.97 Å². The molecule has 20 heavy (non-hydrogen) atoms. The number of nitrogens with one attached hydrogen (secondary N) is 1. The largest absolute Gasteiger partial charge is 0.369 e. The molecule has 2 rings (SSSR count). The van der Waals surface area contributed by atoms with Crippen LogP contribution in [0, 0.1) is 17.4 Å². The Labute approximate surface area is 132 Å². The highest BCUT2D eigenvalue weighted by molar-refractivity contribution is 14.1. The molecule has 0 aliphatic carbocycles. The number of nitrogens with zero attached hydrogens (tertiary/aromatic N) is 3. The third-order valence-corrected chi connectivity index (χ3v) is 4.14. The van der Waals surface area contributed by atoms with E-state index in [4.69, 9.17) is 9.51 Å². The van der Waals surface area contributed by atoms with Crippen molar-refractivity contribution in [3.8, 4) is 11.4 Å². The number of aryl methyl sites for hydroxylation is 3. The van der Waals surface area contributed by atoms with Crippen molar-refractivity contribution in [3.05, 3.63) is 20.7 Å². The van der Waals surface area contributed by atoms with Gasteiger partial charge >= 0.3 is 0 Å². The van der Waals surface area contributed by atoms with Crippen LogP contribution in [0.4, 0.5) is 5.82 Å². The Morgan fingerprint density at radius 3 is 2.50 bits per heavy atom. The SMILES string of the molecule is CCCc1nc(-c2c(C)noc2C)nc(NCC)c1I. The van der Waals surface area contributed by atoms with Crippen molar-refractivity contribution < 1.29 is 4.52 Å². The zero-order valence-electron chi connectivity index (χ0n) is 12.2. The molecular formula is C14H19IN4O. The Balaban J connectivity index is 2.58. The van der Waals surface area contributed by atoms with Gasteiger partial charge in [0.2, 0.25) is 0 Å². The number of hydrogen-bond donors (Lipinski definition) is 1. The summed E-state index contributed by atoms with van der Waals surface area (Å²) in [5, 5.41) is 7.30. The van der Waals surface area contributed by atoms with Gasteiger partial charge in [-0.3, -0.25) is 0 Å². The van der Waals surface area contributed by atoms with E-state index < -0.39 is 0 Å². The van der Waals surface area contributed by atoms with Crippen LogP contribution in [0.3, 0.4) is 0 Å². The summed E-state index contributed by atoms with van der Waals surface area (Å²) >= 11 is 2.31. The first-order valence-corrected chi connectivity index (χ1v) is 7.89. The van der Waals surface area contributed by atoms with Crippen molar-refractivity contribution in [2.45, 2.75) is 40.5 Å². The predicted octanol–water partition coefficient (Wildman–Crippen LogP) is 3.74. The molecule has 0 aliphatic rings. The molecule has 0 atom stereocenters. The molecule has 5 nitrogen and oxygen atoms in total. The maximum Gasteiger partial charge on any atom is 0.167 e. The Hall–Kier alpha value is -1.18. The minimum absolute atomic E-state index is 0.695. The molecule has 0 amide bonds. The lowest BCUT2D eigenvalue weighted by molar-refractivity contribution is 0.393. The van der Waals surface area contributed by atoms with Gasteiger partial charge in [0.1, 0.15) is 11.6 Å². The van der Waals surface area contributed by atoms with Crippen molar-refractivity contribution in [3.63, 3.8) is 0 Å². The van der Waals surface area contributed by atoms with E-state index in [1.54, 1.807) is 0 Å². The summed E-state index contributed by atoms with van der Waals surface area (Å²) in [6.07, 6.45) is 2.00. The highest BCUT2D eigenvalue weighted by Gasteiger charge is 2.18. The van der Waals surface area contributed by atoms with Crippen LogP contribution in [0.15, 0.2) is 4.52 Å². The average molecular weight is 386 g/mol. The van der Waals surface area contributed by atoms with Gasteiger partial charge in [0.05, 0.1) is 20.5 Å². The summed E-state index contributed by atoms with van der Waals surface area (Å²) in [5.74, 6) is 2.34. The van der Waals surface area contributed by atoms with Gasteiger partial charge < -0.3 is 9.84 Å². The first-order valence-electron chi connectivity index (χ1n) is 6.82. The molecule has 1 N–H and O–H groups in total. The van der Waals surface area contributed by atoms with Gasteiger partial charge in [0.15, 0.2) is 5.82 Å². The van der Waals surface area contributed by atoms with E-state index in [0.717, 1.165) is 51.5 Å². The van der Waals surface area contributed by atoms with Gasteiger partial charge in [-0.05, 0) is 49.8 Å². The molecule has 0 spiro atoms. The maximum atomic E-state index is 5.23. The maximum absolute atomic E-state index is 5.23. The van der Waals surface area contributed by atoms with Crippen molar-refractivity contribution >= 4 is 28.4 Å². The van der Waals surface area contributed by atoms with Crippen molar-refractivity contribution in [1.82, 2.24) is 15.1 Å². The Bertz CT molecular complexity index is 563. The fourth-order valence-corrected chi connectivity index (χ4v) is 2.80. The van der Waals surface area contributed by atoms with Crippen LogP contribution in [0.25, 0.3) is 11.4 Å². The number of halogens is 1. The molecule has 0 aliphatic heterocycles. The lowest BCUT2D eigenvalue weighted by atomic mass is 10.1. The molecule has 0 saturated carbocycles. The first kappa shape index (κ1) is 15.2. The second-order valence-electron chi connectivity index (χ2n) is 4.64. The van der Waals surface area contributed by atoms with Gasteiger partial charge in [-0.2, -0.15) is 0 Å². The third kappa shape index (κ3) is 2.94. The lowest BCUT2D eigenvalue weighted by Crippen LogP contribution is -2.08. The Kier molecular flexibility index (Phi) is 4.95. The van der Waals surface area contributed by atoms with Gasteiger partial charge in [0, 0.05) is 6.54 Å². The number of anilines is 1. The zero-order chi connectivity index (χ0) is 14.7. The van der Waals surface area contributed by atoms with Gasteiger partial charge in [-0.15, -0.1) is 0 Å². The van der Waals surface area contributed by atoms with Crippen LogP contribution in [0.1, 0.15) is 37.4 Å². The Morgan fingerprint density at radius 2 is 1.95 bits per heavy atom. The van der Waals surface area contributed by atoms with Crippen LogP contribution < -0.4 is 5.32 Å². The molecule has 0 radical (unpaired) electrons. The molecule has 0 unspecified atom stereocenters. The second kappa shape index (κ2) is 6.51. The quantitative estimate of drug-likeness (QED) is 0.794. The predicted molar refractivity (Wildman–Crippen MR) is 87.9 cm³/mol. The smallest absolute Gasteiger partial charge is 0.167 e. The van der Waals surface area contributed by atoms with Crippen LogP contribution >= 0.6 is 22.6 Å². The summed E-state index contributed by atoms with van der Waals surface area (Å²) in [7, 11) is 0. The van der Waals surface area contributed by atoms with E-state index in [1.807, 2.05) is 13.8 Å². The lowest BCUT2D eigenvalue weighted by Gasteiger charge is -2.11. The molecule has 2 aromatic rings. The molecule has 0 saturated heterocycles. The minimum Gasteiger partial charge on any atom is -0.369 e. The summed E-state index contributed by atoms with van der Waals surface area (Å²) in [6, 6.07) is 0. The van der Waals surface area contributed by atoms with Crippen molar-refractivity contribution in [2.75, 3.05) is 11.9 Å². The average Bonchev–Trinajstić information content (AvgIpc) is 2.74. The van der Waals surface area contributed by atoms with E-state index in [2.05, 4.69) is 51.9 Å². The minimum atomic E-state index is 0.695. The molecule has 0 bridgehead atoms.